The number of benzene rings is 2. The number of ether oxygens (including phenoxy) is 6. The van der Waals surface area contributed by atoms with Gasteiger partial charge in [-0.05, 0) is 53.8 Å². The van der Waals surface area contributed by atoms with Crippen molar-refractivity contribution in [2.24, 2.45) is 0 Å². The fourth-order valence-electron chi connectivity index (χ4n) is 4.90. The molecule has 0 spiro atoms. The van der Waals surface area contributed by atoms with E-state index in [1.165, 1.54) is 18.4 Å². The summed E-state index contributed by atoms with van der Waals surface area (Å²) in [6, 6.07) is 8.19. The van der Waals surface area contributed by atoms with Gasteiger partial charge < -0.3 is 28.4 Å². The van der Waals surface area contributed by atoms with Crippen LogP contribution in [0.15, 0.2) is 24.3 Å². The third kappa shape index (κ3) is 2.97. The predicted molar refractivity (Wildman–Crippen MR) is 107 cm³/mol. The summed E-state index contributed by atoms with van der Waals surface area (Å²) in [7, 11) is 4.87. The molecule has 1 fully saturated rings. The molecule has 5 rings (SSSR count). The Bertz CT molecular complexity index is 899. The van der Waals surface area contributed by atoms with Crippen LogP contribution in [0.2, 0.25) is 0 Å². The van der Waals surface area contributed by atoms with Crippen LogP contribution >= 0.6 is 0 Å². The van der Waals surface area contributed by atoms with Crippen LogP contribution in [0.3, 0.4) is 0 Å². The molecule has 0 aromatic heterocycles. The highest BCUT2D eigenvalue weighted by Crippen LogP contribution is 2.52. The molecule has 0 N–H and O–H groups in total. The van der Waals surface area contributed by atoms with Gasteiger partial charge in [-0.15, -0.1) is 0 Å². The maximum atomic E-state index is 6.69. The van der Waals surface area contributed by atoms with E-state index >= 15 is 0 Å². The fraction of sp³-hybridized carbons (Fsp3) is 0.478. The first-order valence-electron chi connectivity index (χ1n) is 10.1. The van der Waals surface area contributed by atoms with Crippen molar-refractivity contribution < 1.29 is 28.4 Å². The Kier molecular flexibility index (Phi) is 4.66. The van der Waals surface area contributed by atoms with Crippen LogP contribution in [0.4, 0.5) is 0 Å². The van der Waals surface area contributed by atoms with E-state index in [1.54, 1.807) is 21.3 Å². The summed E-state index contributed by atoms with van der Waals surface area (Å²) in [6.07, 6.45) is 4.60. The second-order valence-electron chi connectivity index (χ2n) is 7.74. The van der Waals surface area contributed by atoms with Gasteiger partial charge in [0.05, 0.1) is 27.4 Å². The molecule has 0 amide bonds. The molecule has 0 radical (unpaired) electrons. The van der Waals surface area contributed by atoms with E-state index in [9.17, 15) is 0 Å². The lowest BCUT2D eigenvalue weighted by molar-refractivity contribution is -0.0391. The first kappa shape index (κ1) is 18.4. The van der Waals surface area contributed by atoms with Crippen LogP contribution in [0, 0.1) is 0 Å². The number of hydrogen-bond donors (Lipinski definition) is 0. The van der Waals surface area contributed by atoms with E-state index in [4.69, 9.17) is 28.4 Å². The molecule has 3 aliphatic rings. The van der Waals surface area contributed by atoms with Crippen LogP contribution in [-0.4, -0.2) is 34.2 Å². The Hall–Kier alpha value is -2.60. The monoisotopic (exact) mass is 398 g/mol. The van der Waals surface area contributed by atoms with Gasteiger partial charge in [0.15, 0.2) is 23.0 Å². The van der Waals surface area contributed by atoms with Gasteiger partial charge in [0.2, 0.25) is 12.5 Å². The summed E-state index contributed by atoms with van der Waals surface area (Å²) in [5, 5.41) is 0. The molecule has 2 heterocycles. The second-order valence-corrected chi connectivity index (χ2v) is 7.74. The highest BCUT2D eigenvalue weighted by Gasteiger charge is 2.39. The second kappa shape index (κ2) is 7.34. The van der Waals surface area contributed by atoms with Crippen molar-refractivity contribution in [1.82, 2.24) is 0 Å². The summed E-state index contributed by atoms with van der Waals surface area (Å²) in [4.78, 5) is 0. The summed E-state index contributed by atoms with van der Waals surface area (Å²) in [5.41, 5.74) is 3.42. The fourth-order valence-corrected chi connectivity index (χ4v) is 4.90. The first-order chi connectivity index (χ1) is 14.2. The van der Waals surface area contributed by atoms with E-state index in [2.05, 4.69) is 12.1 Å². The molecule has 0 bridgehead atoms. The standard InChI is InChI=1S/C23H26O6/c1-24-20-8-13(9-21(25-2)23(20)26-3)22-16-11-19-18(27-12-28-19)10-15(16)14-6-4-5-7-17(14)29-22/h8-11,14,17,22H,4-7,12H2,1-3H3/t14-,17-,22+/m0/s1. The maximum absolute atomic E-state index is 6.69. The van der Waals surface area contributed by atoms with Crippen LogP contribution in [-0.2, 0) is 4.74 Å². The van der Waals surface area contributed by atoms with Crippen molar-refractivity contribution in [3.63, 3.8) is 0 Å². The Morgan fingerprint density at radius 2 is 1.45 bits per heavy atom. The highest BCUT2D eigenvalue weighted by molar-refractivity contribution is 5.58. The van der Waals surface area contributed by atoms with Gasteiger partial charge in [-0.25, -0.2) is 0 Å². The van der Waals surface area contributed by atoms with E-state index in [-0.39, 0.29) is 19.0 Å². The Labute approximate surface area is 170 Å². The molecule has 2 aromatic rings. The van der Waals surface area contributed by atoms with Crippen molar-refractivity contribution in [1.29, 1.82) is 0 Å². The summed E-state index contributed by atoms with van der Waals surface area (Å²) in [6.45, 7) is 0.266. The van der Waals surface area contributed by atoms with Crippen LogP contribution in [0.25, 0.3) is 0 Å². The van der Waals surface area contributed by atoms with Gasteiger partial charge in [0.1, 0.15) is 6.10 Å². The van der Waals surface area contributed by atoms with E-state index < -0.39 is 0 Å². The normalized spacial score (nSPS) is 24.4. The first-order valence-corrected chi connectivity index (χ1v) is 10.1. The van der Waals surface area contributed by atoms with E-state index in [0.29, 0.717) is 23.2 Å². The topological polar surface area (TPSA) is 55.4 Å². The van der Waals surface area contributed by atoms with Gasteiger partial charge in [-0.2, -0.15) is 0 Å². The average Bonchev–Trinajstić information content (AvgIpc) is 3.23. The zero-order chi connectivity index (χ0) is 20.0. The smallest absolute Gasteiger partial charge is 0.231 e. The van der Waals surface area contributed by atoms with Crippen molar-refractivity contribution >= 4 is 0 Å². The molecule has 3 atom stereocenters. The van der Waals surface area contributed by atoms with E-state index in [1.807, 2.05) is 12.1 Å². The third-order valence-electron chi connectivity index (χ3n) is 6.26. The van der Waals surface area contributed by atoms with Gasteiger partial charge in [0.25, 0.3) is 0 Å². The maximum Gasteiger partial charge on any atom is 0.231 e. The van der Waals surface area contributed by atoms with Crippen molar-refractivity contribution in [2.75, 3.05) is 28.1 Å². The minimum Gasteiger partial charge on any atom is -0.493 e. The van der Waals surface area contributed by atoms with Gasteiger partial charge in [-0.3, -0.25) is 0 Å². The number of fused-ring (bicyclic) bond motifs is 4. The Morgan fingerprint density at radius 1 is 0.793 bits per heavy atom. The molecule has 1 saturated carbocycles. The van der Waals surface area contributed by atoms with Crippen LogP contribution < -0.4 is 23.7 Å². The molecule has 29 heavy (non-hydrogen) atoms. The molecular formula is C23H26O6. The molecule has 0 saturated heterocycles. The van der Waals surface area contributed by atoms with Gasteiger partial charge >= 0.3 is 0 Å². The lowest BCUT2D eigenvalue weighted by Gasteiger charge is -2.41. The Balaban J connectivity index is 1.66. The lowest BCUT2D eigenvalue weighted by atomic mass is 9.76. The quantitative estimate of drug-likeness (QED) is 0.751. The molecule has 2 aliphatic heterocycles. The molecule has 0 unspecified atom stereocenters. The predicted octanol–water partition coefficient (Wildman–Crippen LogP) is 4.59. The molecule has 1 aliphatic carbocycles. The highest BCUT2D eigenvalue weighted by atomic mass is 16.7. The summed E-state index contributed by atoms with van der Waals surface area (Å²) >= 11 is 0. The molecular weight excluding hydrogens is 372 g/mol. The molecule has 2 aromatic carbocycles. The minimum absolute atomic E-state index is 0.195. The minimum atomic E-state index is -0.229. The number of methoxy groups -OCH3 is 3. The number of hydrogen-bond acceptors (Lipinski definition) is 6. The molecule has 154 valence electrons. The van der Waals surface area contributed by atoms with Gasteiger partial charge in [0, 0.05) is 5.92 Å². The molecule has 6 nitrogen and oxygen atoms in total. The van der Waals surface area contributed by atoms with Crippen LogP contribution in [0.5, 0.6) is 28.7 Å². The SMILES string of the molecule is COc1cc([C@H]2O[C@H]3CCCC[C@H]3c3cc4c(cc32)OCO4)cc(OC)c1OC. The zero-order valence-corrected chi connectivity index (χ0v) is 17.0. The van der Waals surface area contributed by atoms with Crippen molar-refractivity contribution in [2.45, 2.75) is 43.8 Å². The average molecular weight is 398 g/mol. The van der Waals surface area contributed by atoms with Crippen molar-refractivity contribution in [3.05, 3.63) is 41.0 Å². The summed E-state index contributed by atoms with van der Waals surface area (Å²) < 4.78 is 34.7. The van der Waals surface area contributed by atoms with Crippen LogP contribution in [0.1, 0.15) is 54.4 Å². The van der Waals surface area contributed by atoms with E-state index in [0.717, 1.165) is 35.5 Å². The lowest BCUT2D eigenvalue weighted by Crippen LogP contribution is -2.33. The third-order valence-corrected chi connectivity index (χ3v) is 6.26. The number of rotatable bonds is 4. The zero-order valence-electron chi connectivity index (χ0n) is 17.0. The molecule has 6 heteroatoms. The summed E-state index contributed by atoms with van der Waals surface area (Å²) in [5.74, 6) is 3.83. The largest absolute Gasteiger partial charge is 0.493 e. The van der Waals surface area contributed by atoms with Crippen molar-refractivity contribution in [3.8, 4) is 28.7 Å². The van der Waals surface area contributed by atoms with Gasteiger partial charge in [-0.1, -0.05) is 12.8 Å². The Morgan fingerprint density at radius 3 is 2.10 bits per heavy atom.